The van der Waals surface area contributed by atoms with Crippen LogP contribution >= 0.6 is 11.3 Å². The number of carbonyl (C=O) groups is 1. The number of thiophene rings is 1. The number of hydrogen-bond acceptors (Lipinski definition) is 5. The lowest BCUT2D eigenvalue weighted by Gasteiger charge is -2.17. The molecule has 2 N–H and O–H groups in total. The van der Waals surface area contributed by atoms with Gasteiger partial charge in [0, 0.05) is 16.1 Å². The normalized spacial score (nSPS) is 15.5. The van der Waals surface area contributed by atoms with E-state index in [1.54, 1.807) is 42.5 Å². The molecular formula is C23H21N3O3S2. The number of rotatable bonds is 5. The van der Waals surface area contributed by atoms with Crippen LogP contribution < -0.4 is 10.0 Å². The molecule has 31 heavy (non-hydrogen) atoms. The fraction of sp³-hybridized carbons (Fsp3) is 0.217. The van der Waals surface area contributed by atoms with Crippen molar-refractivity contribution in [3.05, 3.63) is 76.2 Å². The molecular weight excluding hydrogens is 430 g/mol. The van der Waals surface area contributed by atoms with Gasteiger partial charge in [-0.05, 0) is 67.1 Å². The number of fused-ring (bicyclic) bond motifs is 1. The average Bonchev–Trinajstić information content (AvgIpc) is 3.10. The van der Waals surface area contributed by atoms with Gasteiger partial charge in [0.2, 0.25) is 0 Å². The second kappa shape index (κ2) is 8.53. The summed E-state index contributed by atoms with van der Waals surface area (Å²) in [7, 11) is -3.70. The Morgan fingerprint density at radius 2 is 1.84 bits per heavy atom. The van der Waals surface area contributed by atoms with Gasteiger partial charge in [0.1, 0.15) is 11.1 Å². The first-order valence-corrected chi connectivity index (χ1v) is 12.2. The molecule has 0 bridgehead atoms. The second-order valence-electron chi connectivity index (χ2n) is 7.62. The molecule has 0 spiro atoms. The van der Waals surface area contributed by atoms with E-state index in [0.29, 0.717) is 27.7 Å². The Morgan fingerprint density at radius 3 is 2.52 bits per heavy atom. The lowest BCUT2D eigenvalue weighted by atomic mass is 9.88. The molecule has 158 valence electrons. The Hall–Kier alpha value is -3.15. The first-order chi connectivity index (χ1) is 14.9. The summed E-state index contributed by atoms with van der Waals surface area (Å²) >= 11 is 1.48. The first-order valence-electron chi connectivity index (χ1n) is 9.91. The van der Waals surface area contributed by atoms with Gasteiger partial charge in [0.15, 0.2) is 0 Å². The predicted octanol–water partition coefficient (Wildman–Crippen LogP) is 4.80. The zero-order chi connectivity index (χ0) is 22.0. The number of amides is 1. The number of nitrogens with one attached hydrogen (secondary N) is 2. The van der Waals surface area contributed by atoms with Crippen molar-refractivity contribution in [3.8, 4) is 6.07 Å². The highest BCUT2D eigenvalue weighted by molar-refractivity contribution is 7.92. The third kappa shape index (κ3) is 4.48. The van der Waals surface area contributed by atoms with Gasteiger partial charge in [-0.2, -0.15) is 5.26 Å². The Morgan fingerprint density at radius 1 is 1.13 bits per heavy atom. The molecule has 6 nitrogen and oxygen atoms in total. The van der Waals surface area contributed by atoms with Gasteiger partial charge >= 0.3 is 0 Å². The van der Waals surface area contributed by atoms with E-state index in [0.717, 1.165) is 24.8 Å². The lowest BCUT2D eigenvalue weighted by molar-refractivity contribution is 0.102. The summed E-state index contributed by atoms with van der Waals surface area (Å²) in [5.74, 6) is 0.245. The number of nitrogens with zero attached hydrogens (tertiary/aromatic N) is 1. The SMILES string of the molecule is CC1CCc2c(sc(NC(=O)c3ccc(NS(=O)(=O)c4ccccc4)cc3)c2C#N)C1. The zero-order valence-electron chi connectivity index (χ0n) is 16.9. The largest absolute Gasteiger partial charge is 0.312 e. The third-order valence-electron chi connectivity index (χ3n) is 5.30. The molecule has 2 aromatic carbocycles. The summed E-state index contributed by atoms with van der Waals surface area (Å²) < 4.78 is 27.4. The highest BCUT2D eigenvalue weighted by Crippen LogP contribution is 2.39. The fourth-order valence-electron chi connectivity index (χ4n) is 3.64. The highest BCUT2D eigenvalue weighted by atomic mass is 32.2. The van der Waals surface area contributed by atoms with E-state index in [9.17, 15) is 18.5 Å². The zero-order valence-corrected chi connectivity index (χ0v) is 18.5. The van der Waals surface area contributed by atoms with E-state index >= 15 is 0 Å². The van der Waals surface area contributed by atoms with Crippen LogP contribution in [0, 0.1) is 17.2 Å². The molecule has 0 saturated carbocycles. The van der Waals surface area contributed by atoms with Gasteiger partial charge in [0.05, 0.1) is 10.5 Å². The monoisotopic (exact) mass is 451 g/mol. The number of sulfonamides is 1. The smallest absolute Gasteiger partial charge is 0.261 e. The summed E-state index contributed by atoms with van der Waals surface area (Å²) in [6.07, 6.45) is 2.84. The van der Waals surface area contributed by atoms with Gasteiger partial charge in [-0.25, -0.2) is 8.42 Å². The van der Waals surface area contributed by atoms with E-state index in [1.807, 2.05) is 0 Å². The van der Waals surface area contributed by atoms with Gasteiger partial charge in [-0.3, -0.25) is 9.52 Å². The minimum atomic E-state index is -3.70. The molecule has 0 aliphatic heterocycles. The van der Waals surface area contributed by atoms with Crippen LogP contribution in [-0.4, -0.2) is 14.3 Å². The molecule has 0 fully saturated rings. The Bertz CT molecular complexity index is 1260. The lowest BCUT2D eigenvalue weighted by Crippen LogP contribution is -2.14. The summed E-state index contributed by atoms with van der Waals surface area (Å²) in [5, 5.41) is 13.0. The van der Waals surface area contributed by atoms with Crippen LogP contribution in [0.4, 0.5) is 10.7 Å². The van der Waals surface area contributed by atoms with Crippen molar-refractivity contribution in [2.24, 2.45) is 5.92 Å². The summed E-state index contributed by atoms with van der Waals surface area (Å²) in [4.78, 5) is 14.1. The molecule has 4 rings (SSSR count). The summed E-state index contributed by atoms with van der Waals surface area (Å²) in [6, 6.07) is 16.5. The number of anilines is 2. The van der Waals surface area contributed by atoms with Crippen molar-refractivity contribution >= 4 is 38.0 Å². The van der Waals surface area contributed by atoms with Gasteiger partial charge < -0.3 is 5.32 Å². The van der Waals surface area contributed by atoms with E-state index in [4.69, 9.17) is 0 Å². The maximum atomic E-state index is 12.7. The molecule has 1 heterocycles. The summed E-state index contributed by atoms with van der Waals surface area (Å²) in [6.45, 7) is 2.19. The second-order valence-corrected chi connectivity index (χ2v) is 10.4. The molecule has 1 amide bonds. The average molecular weight is 452 g/mol. The van der Waals surface area contributed by atoms with Crippen LogP contribution in [0.2, 0.25) is 0 Å². The number of hydrogen-bond donors (Lipinski definition) is 2. The van der Waals surface area contributed by atoms with Crippen LogP contribution in [0.3, 0.4) is 0 Å². The van der Waals surface area contributed by atoms with E-state index in [-0.39, 0.29) is 10.8 Å². The summed E-state index contributed by atoms with van der Waals surface area (Å²) in [5.41, 5.74) is 2.36. The van der Waals surface area contributed by atoms with Gasteiger partial charge in [0.25, 0.3) is 15.9 Å². The van der Waals surface area contributed by atoms with E-state index in [1.165, 1.54) is 28.3 Å². The number of nitriles is 1. The minimum absolute atomic E-state index is 0.164. The van der Waals surface area contributed by atoms with Crippen LogP contribution in [0.5, 0.6) is 0 Å². The standard InChI is InChI=1S/C23H21N3O3S2/c1-15-7-12-19-20(14-24)23(30-21(19)13-15)25-22(27)16-8-10-17(11-9-16)26-31(28,29)18-5-3-2-4-6-18/h2-6,8-11,15,26H,7,12-13H2,1H3,(H,25,27). The van der Waals surface area contributed by atoms with Crippen molar-refractivity contribution in [1.82, 2.24) is 0 Å². The highest BCUT2D eigenvalue weighted by Gasteiger charge is 2.25. The number of benzene rings is 2. The van der Waals surface area contributed by atoms with Crippen molar-refractivity contribution in [2.75, 3.05) is 10.0 Å². The Labute approximate surface area is 185 Å². The molecule has 1 aromatic heterocycles. The molecule has 1 unspecified atom stereocenters. The van der Waals surface area contributed by atoms with Crippen LogP contribution in [0.15, 0.2) is 59.5 Å². The molecule has 1 atom stereocenters. The molecule has 0 saturated heterocycles. The number of carbonyl (C=O) groups excluding carboxylic acids is 1. The van der Waals surface area contributed by atoms with Crippen molar-refractivity contribution in [3.63, 3.8) is 0 Å². The fourth-order valence-corrected chi connectivity index (χ4v) is 6.07. The molecule has 3 aromatic rings. The Balaban J connectivity index is 1.49. The molecule has 1 aliphatic rings. The maximum Gasteiger partial charge on any atom is 0.261 e. The van der Waals surface area contributed by atoms with Crippen molar-refractivity contribution in [2.45, 2.75) is 31.1 Å². The molecule has 8 heteroatoms. The topological polar surface area (TPSA) is 99.1 Å². The third-order valence-corrected chi connectivity index (χ3v) is 7.87. The van der Waals surface area contributed by atoms with Crippen LogP contribution in [0.1, 0.15) is 39.7 Å². The quantitative estimate of drug-likeness (QED) is 0.582. The predicted molar refractivity (Wildman–Crippen MR) is 122 cm³/mol. The molecule has 0 radical (unpaired) electrons. The van der Waals surface area contributed by atoms with E-state index in [2.05, 4.69) is 23.0 Å². The Kier molecular flexibility index (Phi) is 5.81. The van der Waals surface area contributed by atoms with Crippen LogP contribution in [-0.2, 0) is 22.9 Å². The van der Waals surface area contributed by atoms with Crippen LogP contribution in [0.25, 0.3) is 0 Å². The van der Waals surface area contributed by atoms with E-state index < -0.39 is 10.0 Å². The minimum Gasteiger partial charge on any atom is -0.312 e. The van der Waals surface area contributed by atoms with Gasteiger partial charge in [-0.1, -0.05) is 25.1 Å². The van der Waals surface area contributed by atoms with Crippen molar-refractivity contribution in [1.29, 1.82) is 5.26 Å². The van der Waals surface area contributed by atoms with Gasteiger partial charge in [-0.15, -0.1) is 11.3 Å². The maximum absolute atomic E-state index is 12.7. The van der Waals surface area contributed by atoms with Crippen molar-refractivity contribution < 1.29 is 13.2 Å². The first kappa shape index (κ1) is 21.1. The molecule has 1 aliphatic carbocycles.